The van der Waals surface area contributed by atoms with E-state index in [9.17, 15) is 15.2 Å². The predicted molar refractivity (Wildman–Crippen MR) is 83.0 cm³/mol. The lowest BCUT2D eigenvalue weighted by Gasteiger charge is -2.13. The number of nitro benzene ring substituents is 1. The van der Waals surface area contributed by atoms with Crippen molar-refractivity contribution in [3.05, 3.63) is 68.2 Å². The van der Waals surface area contributed by atoms with Crippen molar-refractivity contribution in [1.29, 1.82) is 0 Å². The monoisotopic (exact) mass is 326 g/mol. The number of anilines is 1. The molecule has 0 aliphatic carbocycles. The van der Waals surface area contributed by atoms with Crippen LogP contribution in [0.2, 0.25) is 10.0 Å². The lowest BCUT2D eigenvalue weighted by atomic mass is 10.1. The Morgan fingerprint density at radius 3 is 2.24 bits per heavy atom. The number of aliphatic hydroxyl groups excluding tert-OH is 1. The Labute approximate surface area is 131 Å². The zero-order chi connectivity index (χ0) is 15.4. The highest BCUT2D eigenvalue weighted by Crippen LogP contribution is 2.23. The molecule has 0 radical (unpaired) electrons. The van der Waals surface area contributed by atoms with Crippen LogP contribution in [0, 0.1) is 10.1 Å². The fourth-order valence-corrected chi connectivity index (χ4v) is 2.33. The van der Waals surface area contributed by atoms with Gasteiger partial charge < -0.3 is 10.4 Å². The summed E-state index contributed by atoms with van der Waals surface area (Å²) in [5.41, 5.74) is 1.26. The second kappa shape index (κ2) is 6.76. The fraction of sp³-hybridized carbons (Fsp3) is 0.143. The van der Waals surface area contributed by atoms with Crippen LogP contribution >= 0.6 is 23.2 Å². The molecule has 0 fully saturated rings. The van der Waals surface area contributed by atoms with E-state index >= 15 is 0 Å². The molecule has 21 heavy (non-hydrogen) atoms. The first-order valence-corrected chi connectivity index (χ1v) is 6.83. The quantitative estimate of drug-likeness (QED) is 0.642. The van der Waals surface area contributed by atoms with Gasteiger partial charge in [0.1, 0.15) is 0 Å². The Morgan fingerprint density at radius 2 is 1.71 bits per heavy atom. The molecule has 0 saturated carbocycles. The van der Waals surface area contributed by atoms with Crippen molar-refractivity contribution in [2.75, 3.05) is 11.9 Å². The SMILES string of the molecule is O=[N+]([O-])c1ccc(C(O)CNc2cc(Cl)cc(Cl)c2)cc1. The lowest BCUT2D eigenvalue weighted by Crippen LogP contribution is -2.12. The molecular formula is C14H12Cl2N2O3. The minimum Gasteiger partial charge on any atom is -0.387 e. The van der Waals surface area contributed by atoms with Crippen molar-refractivity contribution in [2.45, 2.75) is 6.10 Å². The zero-order valence-corrected chi connectivity index (χ0v) is 12.3. The lowest BCUT2D eigenvalue weighted by molar-refractivity contribution is -0.384. The van der Waals surface area contributed by atoms with E-state index in [1.165, 1.54) is 24.3 Å². The van der Waals surface area contributed by atoms with E-state index in [2.05, 4.69) is 5.32 Å². The topological polar surface area (TPSA) is 75.4 Å². The Bertz CT molecular complexity index is 627. The molecule has 2 rings (SSSR count). The summed E-state index contributed by atoms with van der Waals surface area (Å²) in [6, 6.07) is 10.8. The molecule has 0 aromatic heterocycles. The minimum absolute atomic E-state index is 0.0134. The molecule has 2 aromatic rings. The van der Waals surface area contributed by atoms with Crippen LogP contribution in [0.25, 0.3) is 0 Å². The maximum atomic E-state index is 10.6. The molecule has 1 atom stereocenters. The normalized spacial score (nSPS) is 12.0. The number of rotatable bonds is 5. The van der Waals surface area contributed by atoms with Gasteiger partial charge in [-0.1, -0.05) is 23.2 Å². The second-order valence-electron chi connectivity index (χ2n) is 4.40. The van der Waals surface area contributed by atoms with E-state index in [0.29, 0.717) is 21.3 Å². The first-order chi connectivity index (χ1) is 9.95. The number of halogens is 2. The Morgan fingerprint density at radius 1 is 1.14 bits per heavy atom. The highest BCUT2D eigenvalue weighted by Gasteiger charge is 2.10. The van der Waals surface area contributed by atoms with Gasteiger partial charge >= 0.3 is 0 Å². The van der Waals surface area contributed by atoms with Gasteiger partial charge in [0.25, 0.3) is 5.69 Å². The third-order valence-electron chi connectivity index (χ3n) is 2.85. The van der Waals surface area contributed by atoms with Crippen LogP contribution in [0.15, 0.2) is 42.5 Å². The first-order valence-electron chi connectivity index (χ1n) is 6.08. The number of non-ortho nitro benzene ring substituents is 1. The molecule has 2 aromatic carbocycles. The summed E-state index contributed by atoms with van der Waals surface area (Å²) in [6.07, 6.45) is -0.802. The van der Waals surface area contributed by atoms with Crippen LogP contribution in [0.1, 0.15) is 11.7 Å². The largest absolute Gasteiger partial charge is 0.387 e. The Kier molecular flexibility index (Phi) is 5.01. The van der Waals surface area contributed by atoms with Gasteiger partial charge in [-0.2, -0.15) is 0 Å². The van der Waals surface area contributed by atoms with Crippen LogP contribution in [-0.2, 0) is 0 Å². The van der Waals surface area contributed by atoms with Crippen molar-refractivity contribution in [3.8, 4) is 0 Å². The van der Waals surface area contributed by atoms with Crippen molar-refractivity contribution in [1.82, 2.24) is 0 Å². The fourth-order valence-electron chi connectivity index (χ4n) is 1.81. The number of nitrogens with zero attached hydrogens (tertiary/aromatic N) is 1. The van der Waals surface area contributed by atoms with Crippen LogP contribution in [-0.4, -0.2) is 16.6 Å². The number of aliphatic hydroxyl groups is 1. The summed E-state index contributed by atoms with van der Waals surface area (Å²) in [4.78, 5) is 10.1. The van der Waals surface area contributed by atoms with Gasteiger partial charge in [-0.3, -0.25) is 10.1 Å². The van der Waals surface area contributed by atoms with E-state index in [-0.39, 0.29) is 12.2 Å². The molecule has 0 saturated heterocycles. The molecule has 1 unspecified atom stereocenters. The minimum atomic E-state index is -0.802. The van der Waals surface area contributed by atoms with E-state index in [1.54, 1.807) is 18.2 Å². The summed E-state index contributed by atoms with van der Waals surface area (Å²) < 4.78 is 0. The van der Waals surface area contributed by atoms with E-state index in [0.717, 1.165) is 0 Å². The summed E-state index contributed by atoms with van der Waals surface area (Å²) in [5.74, 6) is 0. The van der Waals surface area contributed by atoms with Gasteiger partial charge in [-0.15, -0.1) is 0 Å². The van der Waals surface area contributed by atoms with Crippen molar-refractivity contribution in [2.24, 2.45) is 0 Å². The van der Waals surface area contributed by atoms with E-state index < -0.39 is 11.0 Å². The smallest absolute Gasteiger partial charge is 0.269 e. The van der Waals surface area contributed by atoms with Crippen LogP contribution < -0.4 is 5.32 Å². The van der Waals surface area contributed by atoms with Gasteiger partial charge in [0.15, 0.2) is 0 Å². The van der Waals surface area contributed by atoms with Crippen LogP contribution in [0.3, 0.4) is 0 Å². The second-order valence-corrected chi connectivity index (χ2v) is 5.28. The third-order valence-corrected chi connectivity index (χ3v) is 3.29. The van der Waals surface area contributed by atoms with Gasteiger partial charge in [0.2, 0.25) is 0 Å². The summed E-state index contributed by atoms with van der Waals surface area (Å²) in [6.45, 7) is 0.231. The molecule has 0 amide bonds. The third kappa shape index (κ3) is 4.32. The van der Waals surface area contributed by atoms with E-state index in [1.807, 2.05) is 0 Å². The van der Waals surface area contributed by atoms with Gasteiger partial charge in [-0.25, -0.2) is 0 Å². The maximum Gasteiger partial charge on any atom is 0.269 e. The molecule has 0 heterocycles. The average molecular weight is 327 g/mol. The summed E-state index contributed by atoms with van der Waals surface area (Å²) >= 11 is 11.8. The molecule has 0 aliphatic rings. The zero-order valence-electron chi connectivity index (χ0n) is 10.8. The number of hydrogen-bond acceptors (Lipinski definition) is 4. The molecule has 5 nitrogen and oxygen atoms in total. The number of nitrogens with one attached hydrogen (secondary N) is 1. The molecule has 7 heteroatoms. The molecule has 2 N–H and O–H groups in total. The van der Waals surface area contributed by atoms with Crippen molar-refractivity contribution >= 4 is 34.6 Å². The molecule has 0 aliphatic heterocycles. The molecule has 110 valence electrons. The highest BCUT2D eigenvalue weighted by molar-refractivity contribution is 6.35. The average Bonchev–Trinajstić information content (AvgIpc) is 2.44. The number of nitro groups is 1. The van der Waals surface area contributed by atoms with Gasteiger partial charge in [-0.05, 0) is 35.9 Å². The van der Waals surface area contributed by atoms with Gasteiger partial charge in [0, 0.05) is 34.4 Å². The first kappa shape index (κ1) is 15.6. The molecule has 0 spiro atoms. The van der Waals surface area contributed by atoms with Gasteiger partial charge in [0.05, 0.1) is 11.0 Å². The maximum absolute atomic E-state index is 10.6. The van der Waals surface area contributed by atoms with Crippen molar-refractivity contribution < 1.29 is 10.0 Å². The standard InChI is InChI=1S/C14H12Cl2N2O3/c15-10-5-11(16)7-12(6-10)17-8-14(19)9-1-3-13(4-2-9)18(20)21/h1-7,14,17,19H,8H2. The van der Waals surface area contributed by atoms with E-state index in [4.69, 9.17) is 23.2 Å². The predicted octanol–water partition coefficient (Wildman–Crippen LogP) is 4.05. The summed E-state index contributed by atoms with van der Waals surface area (Å²) in [5, 5.41) is 24.6. The Hall–Kier alpha value is -1.82. The number of hydrogen-bond donors (Lipinski definition) is 2. The van der Waals surface area contributed by atoms with Crippen molar-refractivity contribution in [3.63, 3.8) is 0 Å². The molecule has 0 bridgehead atoms. The van der Waals surface area contributed by atoms with Crippen LogP contribution in [0.4, 0.5) is 11.4 Å². The highest BCUT2D eigenvalue weighted by atomic mass is 35.5. The van der Waals surface area contributed by atoms with Crippen LogP contribution in [0.5, 0.6) is 0 Å². The summed E-state index contributed by atoms with van der Waals surface area (Å²) in [7, 11) is 0. The molecular weight excluding hydrogens is 315 g/mol. The Balaban J connectivity index is 2.00. The number of benzene rings is 2.